The van der Waals surface area contributed by atoms with E-state index in [0.29, 0.717) is 0 Å². The Morgan fingerprint density at radius 1 is 1.38 bits per heavy atom. The number of hydrogen-bond donors (Lipinski definition) is 3. The molecule has 130 valence electrons. The zero-order valence-corrected chi connectivity index (χ0v) is 13.5. The number of nitrogens with zero attached hydrogens (tertiary/aromatic N) is 1. The van der Waals surface area contributed by atoms with Crippen molar-refractivity contribution in [3.05, 3.63) is 35.5 Å². The highest BCUT2D eigenvalue weighted by molar-refractivity contribution is 7.86. The number of para-hydroxylation sites is 1. The SMILES string of the molecule is COC(=O)C1=C(Nc2ccccc2S(=O)(=O)O)C(=O)N(CCO)C1. The topological polar surface area (TPSA) is 133 Å². The molecule has 1 aliphatic heterocycles. The fourth-order valence-electron chi connectivity index (χ4n) is 2.28. The normalized spacial score (nSPS) is 15.0. The van der Waals surface area contributed by atoms with Crippen LogP contribution in [0.3, 0.4) is 0 Å². The van der Waals surface area contributed by atoms with E-state index in [1.165, 1.54) is 23.1 Å². The molecule has 1 aromatic rings. The van der Waals surface area contributed by atoms with Gasteiger partial charge in [0.25, 0.3) is 16.0 Å². The van der Waals surface area contributed by atoms with Gasteiger partial charge in [0.05, 0.1) is 31.5 Å². The molecule has 0 fully saturated rings. The quantitative estimate of drug-likeness (QED) is 0.463. The summed E-state index contributed by atoms with van der Waals surface area (Å²) >= 11 is 0. The maximum Gasteiger partial charge on any atom is 0.337 e. The number of anilines is 1. The summed E-state index contributed by atoms with van der Waals surface area (Å²) < 4.78 is 36.7. The van der Waals surface area contributed by atoms with E-state index >= 15 is 0 Å². The van der Waals surface area contributed by atoms with Crippen molar-refractivity contribution in [1.82, 2.24) is 4.90 Å². The predicted molar refractivity (Wildman–Crippen MR) is 82.6 cm³/mol. The highest BCUT2D eigenvalue weighted by atomic mass is 32.2. The molecule has 0 saturated carbocycles. The van der Waals surface area contributed by atoms with E-state index in [1.807, 2.05) is 0 Å². The number of hydrogen-bond acceptors (Lipinski definition) is 7. The smallest absolute Gasteiger partial charge is 0.337 e. The van der Waals surface area contributed by atoms with Crippen LogP contribution in [0.15, 0.2) is 40.4 Å². The van der Waals surface area contributed by atoms with Crippen molar-refractivity contribution in [2.45, 2.75) is 4.90 Å². The first-order chi connectivity index (χ1) is 11.3. The van der Waals surface area contributed by atoms with E-state index in [4.69, 9.17) is 5.11 Å². The molecule has 0 unspecified atom stereocenters. The van der Waals surface area contributed by atoms with Crippen LogP contribution in [0.1, 0.15) is 0 Å². The van der Waals surface area contributed by atoms with Crippen molar-refractivity contribution in [3.63, 3.8) is 0 Å². The molecule has 9 nitrogen and oxygen atoms in total. The van der Waals surface area contributed by atoms with Crippen LogP contribution in [0, 0.1) is 0 Å². The number of rotatable bonds is 6. The number of carbonyl (C=O) groups excluding carboxylic acids is 2. The summed E-state index contributed by atoms with van der Waals surface area (Å²) in [5, 5.41) is 11.6. The van der Waals surface area contributed by atoms with Crippen LogP contribution in [-0.2, 0) is 24.4 Å². The lowest BCUT2D eigenvalue weighted by Crippen LogP contribution is -2.31. The van der Waals surface area contributed by atoms with Crippen molar-refractivity contribution < 1.29 is 32.4 Å². The van der Waals surface area contributed by atoms with Gasteiger partial charge in [0.15, 0.2) is 0 Å². The molecule has 0 radical (unpaired) electrons. The van der Waals surface area contributed by atoms with Crippen molar-refractivity contribution in [2.24, 2.45) is 0 Å². The average molecular weight is 356 g/mol. The molecule has 2 rings (SSSR count). The minimum absolute atomic E-state index is 0.00101. The maximum absolute atomic E-state index is 12.4. The Bertz CT molecular complexity index is 801. The number of esters is 1. The van der Waals surface area contributed by atoms with Crippen LogP contribution in [-0.4, -0.2) is 61.7 Å². The summed E-state index contributed by atoms with van der Waals surface area (Å²) in [4.78, 5) is 25.0. The minimum atomic E-state index is -4.53. The zero-order chi connectivity index (χ0) is 17.9. The van der Waals surface area contributed by atoms with Crippen LogP contribution in [0.5, 0.6) is 0 Å². The summed E-state index contributed by atoms with van der Waals surface area (Å²) in [5.74, 6) is -1.34. The Labute approximate surface area is 138 Å². The van der Waals surface area contributed by atoms with Crippen LogP contribution in [0.2, 0.25) is 0 Å². The molecule has 10 heteroatoms. The van der Waals surface area contributed by atoms with E-state index in [1.54, 1.807) is 0 Å². The van der Waals surface area contributed by atoms with Gasteiger partial charge in [-0.25, -0.2) is 4.79 Å². The fourth-order valence-corrected chi connectivity index (χ4v) is 2.93. The standard InChI is InChI=1S/C14H16N2O7S/c1-23-14(19)9-8-16(6-7-17)13(18)12(9)15-10-4-2-3-5-11(10)24(20,21)22/h2-5,15,17H,6-8H2,1H3,(H,20,21,22). The van der Waals surface area contributed by atoms with E-state index in [9.17, 15) is 22.6 Å². The lowest BCUT2D eigenvalue weighted by Gasteiger charge is -2.15. The van der Waals surface area contributed by atoms with Gasteiger partial charge >= 0.3 is 5.97 Å². The predicted octanol–water partition coefficient (Wildman–Crippen LogP) is -0.393. The number of ether oxygens (including phenoxy) is 1. The van der Waals surface area contributed by atoms with E-state index in [0.717, 1.165) is 13.2 Å². The Morgan fingerprint density at radius 2 is 2.04 bits per heavy atom. The van der Waals surface area contributed by atoms with Crippen LogP contribution in [0.25, 0.3) is 0 Å². The van der Waals surface area contributed by atoms with Gasteiger partial charge in [0, 0.05) is 6.54 Å². The molecule has 0 saturated heterocycles. The second-order valence-corrected chi connectivity index (χ2v) is 6.28. The molecule has 24 heavy (non-hydrogen) atoms. The van der Waals surface area contributed by atoms with Gasteiger partial charge in [-0.3, -0.25) is 9.35 Å². The molecular formula is C14H16N2O7S. The average Bonchev–Trinajstić information content (AvgIpc) is 2.83. The highest BCUT2D eigenvalue weighted by Crippen LogP contribution is 2.26. The van der Waals surface area contributed by atoms with Crippen molar-refractivity contribution in [2.75, 3.05) is 32.1 Å². The van der Waals surface area contributed by atoms with Gasteiger partial charge in [-0.15, -0.1) is 0 Å². The number of benzene rings is 1. The molecule has 1 aromatic carbocycles. The first-order valence-corrected chi connectivity index (χ1v) is 8.28. The molecule has 0 spiro atoms. The molecule has 1 aliphatic rings. The van der Waals surface area contributed by atoms with E-state index in [-0.39, 0.29) is 36.7 Å². The number of methoxy groups -OCH3 is 1. The summed E-state index contributed by atoms with van der Waals surface area (Å²) in [7, 11) is -3.37. The van der Waals surface area contributed by atoms with Crippen LogP contribution >= 0.6 is 0 Å². The summed E-state index contributed by atoms with van der Waals surface area (Å²) in [5.41, 5.74) is -0.219. The molecule has 0 atom stereocenters. The van der Waals surface area contributed by atoms with Gasteiger partial charge in [0.2, 0.25) is 0 Å². The molecule has 0 aromatic heterocycles. The van der Waals surface area contributed by atoms with Crippen LogP contribution in [0.4, 0.5) is 5.69 Å². The largest absolute Gasteiger partial charge is 0.466 e. The third-order valence-corrected chi connectivity index (χ3v) is 4.29. The molecule has 1 heterocycles. The summed E-state index contributed by atoms with van der Waals surface area (Å²) in [6.45, 7) is -0.373. The Hall–Kier alpha value is -2.43. The molecule has 0 aliphatic carbocycles. The van der Waals surface area contributed by atoms with E-state index in [2.05, 4.69) is 10.1 Å². The Balaban J connectivity index is 2.45. The van der Waals surface area contributed by atoms with Crippen LogP contribution < -0.4 is 5.32 Å². The number of carbonyl (C=O) groups is 2. The van der Waals surface area contributed by atoms with Gasteiger partial charge in [-0.2, -0.15) is 8.42 Å². The number of β-amino-alcohol motifs (C(OH)–C–C–N with tert-alkyl or cyclic N) is 1. The highest BCUT2D eigenvalue weighted by Gasteiger charge is 2.35. The van der Waals surface area contributed by atoms with Gasteiger partial charge < -0.3 is 20.1 Å². The van der Waals surface area contributed by atoms with Gasteiger partial charge in [-0.05, 0) is 12.1 Å². The second kappa shape index (κ2) is 6.99. The van der Waals surface area contributed by atoms with Crippen molar-refractivity contribution in [1.29, 1.82) is 0 Å². The molecule has 3 N–H and O–H groups in total. The first-order valence-electron chi connectivity index (χ1n) is 6.84. The second-order valence-electron chi connectivity index (χ2n) is 4.89. The van der Waals surface area contributed by atoms with E-state index < -0.39 is 26.9 Å². The summed E-state index contributed by atoms with van der Waals surface area (Å²) in [6.07, 6.45) is 0. The third-order valence-electron chi connectivity index (χ3n) is 3.38. The Kier molecular flexibility index (Phi) is 5.22. The zero-order valence-electron chi connectivity index (χ0n) is 12.7. The monoisotopic (exact) mass is 356 g/mol. The lowest BCUT2D eigenvalue weighted by molar-refractivity contribution is -0.136. The fraction of sp³-hybridized carbons (Fsp3) is 0.286. The Morgan fingerprint density at radius 3 is 2.62 bits per heavy atom. The maximum atomic E-state index is 12.4. The molecular weight excluding hydrogens is 340 g/mol. The number of amides is 1. The lowest BCUT2D eigenvalue weighted by atomic mass is 10.2. The third kappa shape index (κ3) is 3.55. The number of nitrogens with one attached hydrogen (secondary N) is 1. The molecule has 1 amide bonds. The first kappa shape index (κ1) is 17.9. The minimum Gasteiger partial charge on any atom is -0.466 e. The summed E-state index contributed by atoms with van der Waals surface area (Å²) in [6, 6.07) is 5.40. The van der Waals surface area contributed by atoms with Gasteiger partial charge in [-0.1, -0.05) is 12.1 Å². The number of aliphatic hydroxyl groups excluding tert-OH is 1. The van der Waals surface area contributed by atoms with Crippen molar-refractivity contribution >= 4 is 27.7 Å². The van der Waals surface area contributed by atoms with Gasteiger partial charge in [0.1, 0.15) is 10.6 Å². The van der Waals surface area contributed by atoms with Crippen molar-refractivity contribution in [3.8, 4) is 0 Å². The number of aliphatic hydroxyl groups is 1. The molecule has 0 bridgehead atoms.